The lowest BCUT2D eigenvalue weighted by atomic mass is 10.2. The fourth-order valence-electron chi connectivity index (χ4n) is 2.22. The summed E-state index contributed by atoms with van der Waals surface area (Å²) in [4.78, 5) is 10.6. The average molecular weight is 286 g/mol. The summed E-state index contributed by atoms with van der Waals surface area (Å²) >= 11 is 0. The quantitative estimate of drug-likeness (QED) is 0.565. The number of nitrogens with one attached hydrogen (secondary N) is 1. The summed E-state index contributed by atoms with van der Waals surface area (Å²) in [7, 11) is 1.88. The number of benzene rings is 1. The number of nitrogen functional groups attached to an aromatic ring is 1. The predicted molar refractivity (Wildman–Crippen MR) is 79.3 cm³/mol. The molecule has 3 aromatic rings. The molecule has 108 valence electrons. The summed E-state index contributed by atoms with van der Waals surface area (Å²) in [6.45, 7) is 0.515. The molecule has 0 amide bonds. The molecule has 0 unspecified atom stereocenters. The van der Waals surface area contributed by atoms with E-state index in [1.54, 1.807) is 18.5 Å². The number of fused-ring (bicyclic) bond motifs is 1. The third kappa shape index (κ3) is 2.63. The molecule has 0 aliphatic carbocycles. The van der Waals surface area contributed by atoms with E-state index < -0.39 is 0 Å². The minimum absolute atomic E-state index is 0.253. The molecule has 6 nitrogen and oxygen atoms in total. The van der Waals surface area contributed by atoms with Gasteiger partial charge in [0, 0.05) is 26.0 Å². The van der Waals surface area contributed by atoms with Gasteiger partial charge in [-0.05, 0) is 17.7 Å². The van der Waals surface area contributed by atoms with Crippen LogP contribution in [0.4, 0.5) is 16.0 Å². The fourth-order valence-corrected chi connectivity index (χ4v) is 2.22. The van der Waals surface area contributed by atoms with E-state index in [1.807, 2.05) is 28.6 Å². The number of hydrazine groups is 1. The van der Waals surface area contributed by atoms with Gasteiger partial charge in [0.15, 0.2) is 17.3 Å². The highest BCUT2D eigenvalue weighted by Gasteiger charge is 2.12. The first-order valence-corrected chi connectivity index (χ1v) is 6.43. The van der Waals surface area contributed by atoms with Crippen molar-refractivity contribution in [3.8, 4) is 0 Å². The van der Waals surface area contributed by atoms with E-state index >= 15 is 0 Å². The summed E-state index contributed by atoms with van der Waals surface area (Å²) in [5.74, 6) is 6.38. The van der Waals surface area contributed by atoms with Gasteiger partial charge in [-0.15, -0.1) is 0 Å². The number of halogens is 1. The van der Waals surface area contributed by atoms with Gasteiger partial charge in [0.25, 0.3) is 0 Å². The van der Waals surface area contributed by atoms with Crippen molar-refractivity contribution < 1.29 is 4.39 Å². The van der Waals surface area contributed by atoms with Gasteiger partial charge in [0.2, 0.25) is 0 Å². The van der Waals surface area contributed by atoms with E-state index in [4.69, 9.17) is 5.84 Å². The number of nitrogens with two attached hydrogens (primary N) is 1. The van der Waals surface area contributed by atoms with E-state index in [0.29, 0.717) is 23.8 Å². The van der Waals surface area contributed by atoms with Crippen LogP contribution in [0.1, 0.15) is 5.56 Å². The molecule has 21 heavy (non-hydrogen) atoms. The fraction of sp³-hybridized carbons (Fsp3) is 0.143. The molecule has 0 saturated heterocycles. The highest BCUT2D eigenvalue weighted by molar-refractivity contribution is 5.66. The van der Waals surface area contributed by atoms with Gasteiger partial charge in [-0.2, -0.15) is 0 Å². The second kappa shape index (κ2) is 5.37. The van der Waals surface area contributed by atoms with Crippen LogP contribution >= 0.6 is 0 Å². The maximum Gasteiger partial charge on any atom is 0.180 e. The van der Waals surface area contributed by atoms with Crippen LogP contribution in [-0.2, 0) is 6.54 Å². The van der Waals surface area contributed by atoms with E-state index in [2.05, 4.69) is 15.4 Å². The Labute approximate surface area is 121 Å². The summed E-state index contributed by atoms with van der Waals surface area (Å²) < 4.78 is 15.1. The van der Waals surface area contributed by atoms with Gasteiger partial charge in [-0.1, -0.05) is 12.1 Å². The molecule has 0 aliphatic heterocycles. The number of aromatic nitrogens is 3. The molecule has 0 saturated carbocycles. The third-order valence-electron chi connectivity index (χ3n) is 3.17. The molecule has 1 aromatic carbocycles. The topological polar surface area (TPSA) is 71.5 Å². The monoisotopic (exact) mass is 286 g/mol. The molecular weight excluding hydrogens is 271 g/mol. The van der Waals surface area contributed by atoms with Crippen molar-refractivity contribution in [3.05, 3.63) is 54.2 Å². The van der Waals surface area contributed by atoms with Gasteiger partial charge in [0.1, 0.15) is 5.82 Å². The number of anilines is 2. The molecule has 7 heteroatoms. The van der Waals surface area contributed by atoms with Crippen molar-refractivity contribution >= 4 is 17.3 Å². The first kappa shape index (κ1) is 13.3. The molecule has 0 aliphatic rings. The van der Waals surface area contributed by atoms with Gasteiger partial charge in [-0.3, -0.25) is 0 Å². The number of nitrogens with zero attached hydrogens (tertiary/aromatic N) is 4. The lowest BCUT2D eigenvalue weighted by molar-refractivity contribution is 0.625. The van der Waals surface area contributed by atoms with Crippen LogP contribution < -0.4 is 16.2 Å². The maximum absolute atomic E-state index is 13.3. The van der Waals surface area contributed by atoms with Crippen LogP contribution in [0.5, 0.6) is 0 Å². The number of imidazole rings is 1. The van der Waals surface area contributed by atoms with Crippen molar-refractivity contribution in [3.63, 3.8) is 0 Å². The zero-order valence-electron chi connectivity index (χ0n) is 11.5. The van der Waals surface area contributed by atoms with Crippen LogP contribution in [0.2, 0.25) is 0 Å². The smallest absolute Gasteiger partial charge is 0.180 e. The first-order chi connectivity index (χ1) is 10.2. The van der Waals surface area contributed by atoms with Crippen molar-refractivity contribution in [1.82, 2.24) is 14.4 Å². The molecule has 0 atom stereocenters. The molecular formula is C14H15FN6. The molecule has 3 rings (SSSR count). The van der Waals surface area contributed by atoms with Crippen molar-refractivity contribution in [1.29, 1.82) is 0 Å². The Morgan fingerprint density at radius 3 is 3.05 bits per heavy atom. The Morgan fingerprint density at radius 2 is 2.29 bits per heavy atom. The Morgan fingerprint density at radius 1 is 1.43 bits per heavy atom. The molecule has 0 bridgehead atoms. The molecule has 3 N–H and O–H groups in total. The lowest BCUT2D eigenvalue weighted by Gasteiger charge is -2.19. The van der Waals surface area contributed by atoms with Gasteiger partial charge >= 0.3 is 0 Å². The largest absolute Gasteiger partial charge is 0.352 e. The summed E-state index contributed by atoms with van der Waals surface area (Å²) in [6.07, 6.45) is 5.26. The van der Waals surface area contributed by atoms with E-state index in [9.17, 15) is 4.39 Å². The highest BCUT2D eigenvalue weighted by Crippen LogP contribution is 2.21. The Bertz CT molecular complexity index is 769. The minimum atomic E-state index is -0.253. The average Bonchev–Trinajstić information content (AvgIpc) is 2.94. The number of rotatable bonds is 4. The molecule has 2 heterocycles. The van der Waals surface area contributed by atoms with E-state index in [1.165, 1.54) is 12.1 Å². The molecule has 2 aromatic heterocycles. The first-order valence-electron chi connectivity index (χ1n) is 6.43. The summed E-state index contributed by atoms with van der Waals surface area (Å²) in [5, 5.41) is 0. The summed E-state index contributed by atoms with van der Waals surface area (Å²) in [6, 6.07) is 6.49. The second-order valence-electron chi connectivity index (χ2n) is 4.74. The van der Waals surface area contributed by atoms with Crippen LogP contribution in [0.3, 0.4) is 0 Å². The van der Waals surface area contributed by atoms with Gasteiger partial charge < -0.3 is 14.7 Å². The molecule has 0 fully saturated rings. The standard InChI is InChI=1S/C14H15FN6/c1-20(8-10-3-2-4-11(15)7-10)14-13-17-5-6-21(13)9-12(18-14)19-16/h2-7,9,19H,8,16H2,1H3. The lowest BCUT2D eigenvalue weighted by Crippen LogP contribution is -2.20. The second-order valence-corrected chi connectivity index (χ2v) is 4.74. The van der Waals surface area contributed by atoms with Gasteiger partial charge in [0.05, 0.1) is 6.20 Å². The van der Waals surface area contributed by atoms with Crippen LogP contribution in [0.25, 0.3) is 5.65 Å². The Balaban J connectivity index is 1.97. The molecule has 0 radical (unpaired) electrons. The van der Waals surface area contributed by atoms with Crippen molar-refractivity contribution in [2.24, 2.45) is 5.84 Å². The Hall–Kier alpha value is -2.67. The predicted octanol–water partition coefficient (Wildman–Crippen LogP) is 1.79. The van der Waals surface area contributed by atoms with Crippen LogP contribution in [-0.4, -0.2) is 21.4 Å². The number of hydrogen-bond acceptors (Lipinski definition) is 5. The zero-order chi connectivity index (χ0) is 14.8. The summed E-state index contributed by atoms with van der Waals surface area (Å²) in [5.41, 5.74) is 4.10. The van der Waals surface area contributed by atoms with Gasteiger partial charge in [-0.25, -0.2) is 20.2 Å². The van der Waals surface area contributed by atoms with E-state index in [-0.39, 0.29) is 5.82 Å². The van der Waals surface area contributed by atoms with Crippen LogP contribution in [0.15, 0.2) is 42.9 Å². The highest BCUT2D eigenvalue weighted by atomic mass is 19.1. The Kier molecular flexibility index (Phi) is 3.41. The minimum Gasteiger partial charge on any atom is -0.352 e. The normalized spacial score (nSPS) is 10.8. The molecule has 0 spiro atoms. The van der Waals surface area contributed by atoms with Crippen LogP contribution in [0, 0.1) is 5.82 Å². The van der Waals surface area contributed by atoms with E-state index in [0.717, 1.165) is 5.56 Å². The zero-order valence-corrected chi connectivity index (χ0v) is 11.5. The maximum atomic E-state index is 13.3. The van der Waals surface area contributed by atoms with Crippen molar-refractivity contribution in [2.45, 2.75) is 6.54 Å². The third-order valence-corrected chi connectivity index (χ3v) is 3.17. The number of hydrogen-bond donors (Lipinski definition) is 2. The SMILES string of the molecule is CN(Cc1cccc(F)c1)c1nc(NN)cn2ccnc12. The van der Waals surface area contributed by atoms with Crippen molar-refractivity contribution in [2.75, 3.05) is 17.4 Å².